The van der Waals surface area contributed by atoms with E-state index in [-0.39, 0.29) is 52.4 Å². The molecule has 2 aromatic carbocycles. The van der Waals surface area contributed by atoms with Crippen LogP contribution >= 0.6 is 0 Å². The van der Waals surface area contributed by atoms with Crippen LogP contribution in [0.5, 0.6) is 0 Å². The Hall–Kier alpha value is -3.00. The maximum absolute atomic E-state index is 13.8. The molecule has 6 N–H and O–H groups in total. The molecule has 0 radical (unpaired) electrons. The summed E-state index contributed by atoms with van der Waals surface area (Å²) in [5, 5.41) is 75.6. The van der Waals surface area contributed by atoms with Crippen LogP contribution in [-0.2, 0) is 42.1 Å². The van der Waals surface area contributed by atoms with Gasteiger partial charge in [0.1, 0.15) is 18.4 Å². The molecule has 1 aliphatic carbocycles. The first kappa shape index (κ1) is 78.0. The van der Waals surface area contributed by atoms with Crippen LogP contribution in [0.15, 0.2) is 96.6 Å². The van der Waals surface area contributed by atoms with Gasteiger partial charge in [-0.25, -0.2) is 0 Å². The second-order valence-corrected chi connectivity index (χ2v) is 39.4. The van der Waals surface area contributed by atoms with Crippen molar-refractivity contribution in [3.05, 3.63) is 96.6 Å². The van der Waals surface area contributed by atoms with Gasteiger partial charge >= 0.3 is 8.32 Å². The summed E-state index contributed by atoms with van der Waals surface area (Å²) >= 11 is 0. The zero-order valence-electron chi connectivity index (χ0n) is 59.1. The molecule has 6 rings (SSSR count). The number of benzene rings is 2. The Morgan fingerprint density at radius 1 is 0.783 bits per heavy atom. The number of nitrogens with zero attached hydrogens (tertiary/aromatic N) is 1. The van der Waals surface area contributed by atoms with Gasteiger partial charge in [0.05, 0.1) is 48.8 Å². The van der Waals surface area contributed by atoms with Crippen LogP contribution in [0.25, 0.3) is 0 Å². The number of carbonyl (C=O) groups excluding carboxylic acids is 1. The van der Waals surface area contributed by atoms with Gasteiger partial charge in [0, 0.05) is 52.0 Å². The summed E-state index contributed by atoms with van der Waals surface area (Å²) in [5.74, 6) is -3.68. The maximum atomic E-state index is 13.8. The van der Waals surface area contributed by atoms with Crippen molar-refractivity contribution < 1.29 is 72.7 Å². The van der Waals surface area contributed by atoms with Gasteiger partial charge < -0.3 is 67.9 Å². The lowest BCUT2D eigenvalue weighted by molar-refractivity contribution is -0.370. The molecular formula is C74H123NO15Si2. The topological polar surface area (TPSA) is 216 Å². The zero-order chi connectivity index (χ0) is 67.9. The summed E-state index contributed by atoms with van der Waals surface area (Å²) in [4.78, 5) is 15.4. The predicted molar refractivity (Wildman–Crippen MR) is 369 cm³/mol. The molecule has 92 heavy (non-hydrogen) atoms. The number of hydrogen-bond acceptors (Lipinski definition) is 16. The van der Waals surface area contributed by atoms with Crippen molar-refractivity contribution in [3.63, 3.8) is 0 Å². The van der Waals surface area contributed by atoms with Crippen LogP contribution in [0.1, 0.15) is 185 Å². The van der Waals surface area contributed by atoms with Crippen molar-refractivity contribution in [1.82, 2.24) is 4.90 Å². The van der Waals surface area contributed by atoms with Crippen molar-refractivity contribution in [2.24, 2.45) is 29.6 Å². The van der Waals surface area contributed by atoms with Crippen molar-refractivity contribution >= 4 is 33.0 Å². The van der Waals surface area contributed by atoms with Crippen LogP contribution in [0.4, 0.5) is 0 Å². The van der Waals surface area contributed by atoms with E-state index in [1.54, 1.807) is 33.2 Å². The number of fused-ring (bicyclic) bond motifs is 3. The first-order chi connectivity index (χ1) is 43.3. The molecule has 19 atom stereocenters. The first-order valence-electron chi connectivity index (χ1n) is 34.8. The number of hydrogen-bond donors (Lipinski definition) is 6. The van der Waals surface area contributed by atoms with E-state index in [9.17, 15) is 35.4 Å². The molecule has 2 bridgehead atoms. The van der Waals surface area contributed by atoms with Crippen LogP contribution in [-0.4, -0.2) is 172 Å². The molecule has 0 amide bonds. The number of allylic oxidation sites excluding steroid dienone is 3. The van der Waals surface area contributed by atoms with E-state index in [0.717, 1.165) is 53.6 Å². The Bertz CT molecular complexity index is 2560. The van der Waals surface area contributed by atoms with E-state index >= 15 is 0 Å². The number of aliphatic hydroxyl groups is 6. The van der Waals surface area contributed by atoms with Gasteiger partial charge in [-0.2, -0.15) is 0 Å². The molecule has 0 spiro atoms. The minimum atomic E-state index is -2.99. The summed E-state index contributed by atoms with van der Waals surface area (Å²) in [5.41, 5.74) is 1.96. The third-order valence-electron chi connectivity index (χ3n) is 21.4. The molecule has 522 valence electrons. The average Bonchev–Trinajstić information content (AvgIpc) is 0.769. The molecule has 3 aliphatic heterocycles. The van der Waals surface area contributed by atoms with Crippen LogP contribution in [0.3, 0.4) is 0 Å². The van der Waals surface area contributed by atoms with E-state index in [4.69, 9.17) is 37.3 Å². The minimum Gasteiger partial charge on any atom is -0.510 e. The van der Waals surface area contributed by atoms with Gasteiger partial charge in [0.25, 0.3) is 5.97 Å². The molecule has 2 aromatic rings. The summed E-state index contributed by atoms with van der Waals surface area (Å²) in [7, 11) is -0.650. The SMILES string of the molecule is C=CC[C@@H]1C=C(C)C[C@H](C)C[C@H](OC)C2O[C@](O)([C@H](C)C[C@@H]2OC)[C@H](O)[C@@H](O)N2CCCC[C@H]2[C@H](O)O[C@H](C(C)=C[C@@H]2CC[C@@H](O[C@H](O)CCCCCCC(=O)O[Si](c3ccccc3)(c3ccccc3)C(C)(C)C)[C@H](OC)C2)[C@H](C)[C@@H](O[Si](C)(C)C(C)(C)C)C[C@H]1O. The molecule has 1 saturated carbocycles. The number of ether oxygens (including phenoxy) is 6. The van der Waals surface area contributed by atoms with E-state index in [1.165, 1.54) is 0 Å². The second kappa shape index (κ2) is 35.0. The maximum Gasteiger partial charge on any atom is 0.323 e. The Kier molecular flexibility index (Phi) is 29.7. The highest BCUT2D eigenvalue weighted by Crippen LogP contribution is 2.44. The van der Waals surface area contributed by atoms with Crippen LogP contribution in [0, 0.1) is 29.6 Å². The van der Waals surface area contributed by atoms with Gasteiger partial charge in [-0.1, -0.05) is 166 Å². The van der Waals surface area contributed by atoms with E-state index in [1.807, 2.05) is 49.4 Å². The zero-order valence-corrected chi connectivity index (χ0v) is 61.1. The Labute approximate surface area is 556 Å². The van der Waals surface area contributed by atoms with E-state index in [2.05, 4.69) is 118 Å². The van der Waals surface area contributed by atoms with Crippen molar-refractivity contribution in [2.45, 2.75) is 294 Å². The summed E-state index contributed by atoms with van der Waals surface area (Å²) < 4.78 is 52.4. The normalized spacial score (nSPS) is 33.8. The van der Waals surface area contributed by atoms with Crippen molar-refractivity contribution in [1.29, 1.82) is 0 Å². The fraction of sp³-hybridized carbons (Fsp3) is 0.743. The lowest BCUT2D eigenvalue weighted by Gasteiger charge is -2.52. The van der Waals surface area contributed by atoms with E-state index in [0.29, 0.717) is 77.2 Å². The highest BCUT2D eigenvalue weighted by Gasteiger charge is 2.57. The number of piperidine rings is 1. The van der Waals surface area contributed by atoms with Gasteiger partial charge in [0.15, 0.2) is 26.7 Å². The Balaban J connectivity index is 1.21. The summed E-state index contributed by atoms with van der Waals surface area (Å²) in [6.45, 7) is 32.1. The number of aliphatic hydroxyl groups excluding tert-OH is 5. The van der Waals surface area contributed by atoms with Crippen LogP contribution < -0.4 is 10.4 Å². The standard InChI is InChI=1S/C74H123NO15Si2/c1-18-31-55-43-49(2)42-50(3)44-63(84-14)68-64(85-15)46-52(5)74(82,88-68)69(79)70(80)75-41-30-29-36-58(75)71(81)87-67(53(6)61(48-59(55)76)89-91(16,17)72(7,8)9)51(4)45-54-39-40-60(62(47-54)83-13)86-65(77)37-27-19-20-28-38-66(78)90-92(73(10,11)12,56-32-23-21-24-33-56)57-34-25-22-26-35-57/h18,21-26,32-35,43,45,50,52-55,58-65,67-71,76-77,79-82H,1,19-20,27-31,36-42,44,46-48H2,2-17H3/t50-,52+,53+,54-,55+,58-,59+,60+,61-,62+,63-,64-,65-,67+,68?,69+,70+,71+,74+/m0/s1. The molecule has 18 heteroatoms. The monoisotopic (exact) mass is 1320 g/mol. The second-order valence-electron chi connectivity index (χ2n) is 30.4. The number of methoxy groups -OCH3 is 3. The molecule has 3 heterocycles. The highest BCUT2D eigenvalue weighted by atomic mass is 28.4. The van der Waals surface area contributed by atoms with E-state index < -0.39 is 102 Å². The summed E-state index contributed by atoms with van der Waals surface area (Å²) in [6.07, 6.45) is 5.71. The molecule has 16 nitrogen and oxygen atoms in total. The fourth-order valence-corrected chi connectivity index (χ4v) is 20.8. The Morgan fingerprint density at radius 2 is 1.39 bits per heavy atom. The lowest BCUT2D eigenvalue weighted by atomic mass is 9.81. The predicted octanol–water partition coefficient (Wildman–Crippen LogP) is 11.6. The smallest absolute Gasteiger partial charge is 0.323 e. The highest BCUT2D eigenvalue weighted by molar-refractivity contribution is 7.00. The fourth-order valence-electron chi connectivity index (χ4n) is 15.0. The van der Waals surface area contributed by atoms with Crippen molar-refractivity contribution in [2.75, 3.05) is 27.9 Å². The average molecular weight is 1320 g/mol. The largest absolute Gasteiger partial charge is 0.510 e. The minimum absolute atomic E-state index is 0.0109. The third kappa shape index (κ3) is 19.9. The number of unbranched alkanes of at least 4 members (excludes halogenated alkanes) is 3. The number of rotatable bonds is 21. The molecule has 3 fully saturated rings. The van der Waals surface area contributed by atoms with Gasteiger partial charge in [-0.3, -0.25) is 9.69 Å². The molecule has 1 unspecified atom stereocenters. The molecule has 0 aromatic heterocycles. The van der Waals surface area contributed by atoms with Gasteiger partial charge in [-0.05, 0) is 148 Å². The molecule has 4 aliphatic rings. The quantitative estimate of drug-likeness (QED) is 0.0297. The molecule has 2 saturated heterocycles. The molecular weight excluding hydrogens is 1200 g/mol. The number of carbonyl (C=O) groups is 1. The van der Waals surface area contributed by atoms with Gasteiger partial charge in [-0.15, -0.1) is 6.58 Å². The lowest BCUT2D eigenvalue weighted by Crippen LogP contribution is -2.67. The van der Waals surface area contributed by atoms with Gasteiger partial charge in [0.2, 0.25) is 0 Å². The van der Waals surface area contributed by atoms with Crippen LogP contribution in [0.2, 0.25) is 23.2 Å². The third-order valence-corrected chi connectivity index (χ3v) is 30.8. The summed E-state index contributed by atoms with van der Waals surface area (Å²) in [6, 6.07) is 19.6. The Morgan fingerprint density at radius 3 is 1.98 bits per heavy atom. The van der Waals surface area contributed by atoms with Crippen molar-refractivity contribution in [3.8, 4) is 0 Å². The first-order valence-corrected chi connectivity index (χ1v) is 39.6.